The molecule has 3 heteroatoms. The number of rotatable bonds is 0. The van der Waals surface area contributed by atoms with Crippen molar-refractivity contribution < 1.29 is 9.53 Å². The van der Waals surface area contributed by atoms with Gasteiger partial charge in [-0.05, 0) is 41.5 Å². The molecule has 0 unspecified atom stereocenters. The summed E-state index contributed by atoms with van der Waals surface area (Å²) in [5, 5.41) is 0. The molecule has 0 N–H and O–H groups in total. The molecule has 0 bridgehead atoms. The van der Waals surface area contributed by atoms with Crippen LogP contribution in [0.5, 0.6) is 0 Å². The van der Waals surface area contributed by atoms with E-state index in [-0.39, 0.29) is 6.09 Å². The molecule has 2 aromatic rings. The molecule has 0 atom stereocenters. The van der Waals surface area contributed by atoms with Gasteiger partial charge in [0.2, 0.25) is 0 Å². The Labute approximate surface area is 136 Å². The number of methoxy groups -OCH3 is 1. The molecular formula is C20H19NO2. The predicted octanol–water partition coefficient (Wildman–Crippen LogP) is 4.68. The van der Waals surface area contributed by atoms with Crippen molar-refractivity contribution in [2.75, 3.05) is 13.7 Å². The Morgan fingerprint density at radius 2 is 1.48 bits per heavy atom. The van der Waals surface area contributed by atoms with Crippen LogP contribution in [0.25, 0.3) is 16.7 Å². The highest BCUT2D eigenvalue weighted by Gasteiger charge is 2.31. The Bertz CT molecular complexity index is 759. The zero-order valence-corrected chi connectivity index (χ0v) is 13.2. The van der Waals surface area contributed by atoms with Crippen LogP contribution in [0.2, 0.25) is 0 Å². The van der Waals surface area contributed by atoms with E-state index in [1.54, 1.807) is 0 Å². The van der Waals surface area contributed by atoms with E-state index in [2.05, 4.69) is 48.5 Å². The number of nitrogens with zero attached hydrogens (tertiary/aromatic N) is 1. The Balaban J connectivity index is 1.98. The van der Waals surface area contributed by atoms with Crippen LogP contribution in [0.15, 0.2) is 54.2 Å². The average molecular weight is 305 g/mol. The van der Waals surface area contributed by atoms with Gasteiger partial charge in [-0.2, -0.15) is 0 Å². The fraction of sp³-hybridized carbons (Fsp3) is 0.250. The number of carbonyl (C=O) groups excluding carboxylic acids is 1. The average Bonchev–Trinajstić information content (AvgIpc) is 2.95. The molecule has 2 aromatic carbocycles. The van der Waals surface area contributed by atoms with Crippen LogP contribution in [0, 0.1) is 0 Å². The number of carbonyl (C=O) groups is 1. The first-order chi connectivity index (χ1) is 11.3. The molecule has 1 amide bonds. The van der Waals surface area contributed by atoms with Gasteiger partial charge in [0.1, 0.15) is 0 Å². The topological polar surface area (TPSA) is 29.5 Å². The lowest BCUT2D eigenvalue weighted by Gasteiger charge is -2.30. The highest BCUT2D eigenvalue weighted by molar-refractivity contribution is 6.02. The molecule has 116 valence electrons. The molecule has 1 heterocycles. The zero-order valence-electron chi connectivity index (χ0n) is 13.2. The fourth-order valence-electron chi connectivity index (χ4n) is 3.73. The number of allylic oxidation sites excluding steroid dienone is 1. The second kappa shape index (κ2) is 5.58. The second-order valence-corrected chi connectivity index (χ2v) is 5.99. The molecule has 1 saturated heterocycles. The van der Waals surface area contributed by atoms with Gasteiger partial charge >= 0.3 is 6.09 Å². The van der Waals surface area contributed by atoms with E-state index in [0.717, 1.165) is 31.5 Å². The van der Waals surface area contributed by atoms with Crippen LogP contribution in [0.3, 0.4) is 0 Å². The van der Waals surface area contributed by atoms with Crippen LogP contribution < -0.4 is 0 Å². The minimum absolute atomic E-state index is 0.255. The molecule has 0 saturated carbocycles. The maximum Gasteiger partial charge on any atom is 0.413 e. The lowest BCUT2D eigenvalue weighted by Crippen LogP contribution is -2.34. The van der Waals surface area contributed by atoms with Gasteiger partial charge < -0.3 is 4.74 Å². The summed E-state index contributed by atoms with van der Waals surface area (Å²) in [5.41, 5.74) is 7.24. The first-order valence-electron chi connectivity index (χ1n) is 8.09. The van der Waals surface area contributed by atoms with Gasteiger partial charge in [0.25, 0.3) is 0 Å². The molecule has 0 spiro atoms. The normalized spacial score (nSPS) is 16.1. The van der Waals surface area contributed by atoms with E-state index in [9.17, 15) is 4.79 Å². The first kappa shape index (κ1) is 14.1. The van der Waals surface area contributed by atoms with E-state index in [0.29, 0.717) is 0 Å². The van der Waals surface area contributed by atoms with Crippen molar-refractivity contribution in [3.05, 3.63) is 65.4 Å². The smallest absolute Gasteiger partial charge is 0.413 e. The van der Waals surface area contributed by atoms with Gasteiger partial charge in [-0.1, -0.05) is 48.5 Å². The quantitative estimate of drug-likeness (QED) is 0.603. The Morgan fingerprint density at radius 1 is 0.913 bits per heavy atom. The van der Waals surface area contributed by atoms with Crippen LogP contribution >= 0.6 is 0 Å². The second-order valence-electron chi connectivity index (χ2n) is 5.99. The van der Waals surface area contributed by atoms with Crippen LogP contribution in [0.4, 0.5) is 4.79 Å². The van der Waals surface area contributed by atoms with Gasteiger partial charge in [0.05, 0.1) is 7.11 Å². The highest BCUT2D eigenvalue weighted by atomic mass is 16.5. The molecule has 23 heavy (non-hydrogen) atoms. The lowest BCUT2D eigenvalue weighted by atomic mass is 9.96. The maximum atomic E-state index is 12.2. The molecule has 1 aliphatic carbocycles. The number of fused-ring (bicyclic) bond motifs is 3. The number of hydrogen-bond donors (Lipinski definition) is 0. The van der Waals surface area contributed by atoms with Crippen LogP contribution in [-0.4, -0.2) is 24.6 Å². The number of hydrogen-bond acceptors (Lipinski definition) is 2. The third-order valence-electron chi connectivity index (χ3n) is 4.74. The third kappa shape index (κ3) is 2.15. The summed E-state index contributed by atoms with van der Waals surface area (Å²) >= 11 is 0. The summed E-state index contributed by atoms with van der Waals surface area (Å²) in [5.74, 6) is 0. The van der Waals surface area contributed by atoms with E-state index < -0.39 is 0 Å². The largest absolute Gasteiger partial charge is 0.452 e. The molecule has 1 aliphatic heterocycles. The molecule has 0 radical (unpaired) electrons. The summed E-state index contributed by atoms with van der Waals surface area (Å²) in [6.45, 7) is 0.732. The minimum Gasteiger partial charge on any atom is -0.452 e. The molecule has 0 aromatic heterocycles. The lowest BCUT2D eigenvalue weighted by molar-refractivity contribution is 0.130. The summed E-state index contributed by atoms with van der Waals surface area (Å²) in [7, 11) is 1.45. The van der Waals surface area contributed by atoms with Gasteiger partial charge in [0.15, 0.2) is 0 Å². The molecule has 2 aliphatic rings. The predicted molar refractivity (Wildman–Crippen MR) is 90.9 cm³/mol. The number of likely N-dealkylation sites (tertiary alicyclic amines) is 1. The monoisotopic (exact) mass is 305 g/mol. The van der Waals surface area contributed by atoms with E-state index in [1.807, 2.05) is 4.90 Å². The Hall–Kier alpha value is -2.55. The summed E-state index contributed by atoms with van der Waals surface area (Å²) in [6, 6.07) is 16.9. The van der Waals surface area contributed by atoms with Crippen molar-refractivity contribution in [3.8, 4) is 11.1 Å². The van der Waals surface area contributed by atoms with Crippen molar-refractivity contribution in [2.24, 2.45) is 0 Å². The van der Waals surface area contributed by atoms with Crippen molar-refractivity contribution in [1.82, 2.24) is 4.90 Å². The number of ether oxygens (including phenoxy) is 1. The van der Waals surface area contributed by atoms with Crippen LogP contribution in [0.1, 0.15) is 30.4 Å². The summed E-state index contributed by atoms with van der Waals surface area (Å²) in [6.07, 6.45) is 2.79. The van der Waals surface area contributed by atoms with Crippen molar-refractivity contribution in [2.45, 2.75) is 19.3 Å². The molecule has 1 fully saturated rings. The van der Waals surface area contributed by atoms with Crippen molar-refractivity contribution in [3.63, 3.8) is 0 Å². The summed E-state index contributed by atoms with van der Waals surface area (Å²) in [4.78, 5) is 14.0. The maximum absolute atomic E-state index is 12.2. The van der Waals surface area contributed by atoms with Gasteiger partial charge in [-0.3, -0.25) is 4.90 Å². The van der Waals surface area contributed by atoms with E-state index in [4.69, 9.17) is 4.74 Å². The van der Waals surface area contributed by atoms with Crippen molar-refractivity contribution in [1.29, 1.82) is 0 Å². The van der Waals surface area contributed by atoms with Gasteiger partial charge in [-0.25, -0.2) is 4.79 Å². The van der Waals surface area contributed by atoms with Crippen LogP contribution in [-0.2, 0) is 4.74 Å². The van der Waals surface area contributed by atoms with E-state index in [1.165, 1.54) is 34.9 Å². The number of amides is 1. The Morgan fingerprint density at radius 3 is 2.04 bits per heavy atom. The fourth-order valence-corrected chi connectivity index (χ4v) is 3.73. The zero-order chi connectivity index (χ0) is 15.8. The third-order valence-corrected chi connectivity index (χ3v) is 4.74. The number of piperidine rings is 1. The molecule has 3 nitrogen and oxygen atoms in total. The molecular weight excluding hydrogens is 286 g/mol. The SMILES string of the molecule is COC(=O)N1CCCCC1=C1c2ccccc2-c2ccccc21. The minimum atomic E-state index is -0.255. The standard InChI is InChI=1S/C20H19NO2/c1-23-20(22)21-13-7-6-12-18(21)19-16-10-4-2-8-14(16)15-9-3-5-11-17(15)19/h2-5,8-11H,6-7,12-13H2,1H3. The first-order valence-corrected chi connectivity index (χ1v) is 8.09. The van der Waals surface area contributed by atoms with Gasteiger partial charge in [0, 0.05) is 17.8 Å². The highest BCUT2D eigenvalue weighted by Crippen LogP contribution is 2.47. The van der Waals surface area contributed by atoms with Crippen molar-refractivity contribution >= 4 is 11.7 Å². The van der Waals surface area contributed by atoms with Gasteiger partial charge in [-0.15, -0.1) is 0 Å². The summed E-state index contributed by atoms with van der Waals surface area (Å²) < 4.78 is 5.01. The Kier molecular flexibility index (Phi) is 3.41. The number of benzene rings is 2. The molecule has 4 rings (SSSR count). The van der Waals surface area contributed by atoms with E-state index >= 15 is 0 Å².